The fraction of sp³-hybridized carbons (Fsp3) is 0.667. The van der Waals surface area contributed by atoms with Crippen molar-refractivity contribution in [1.82, 2.24) is 19.8 Å². The van der Waals surface area contributed by atoms with Crippen molar-refractivity contribution in [3.8, 4) is 0 Å². The lowest BCUT2D eigenvalue weighted by Crippen LogP contribution is -2.36. The van der Waals surface area contributed by atoms with Crippen molar-refractivity contribution >= 4 is 15.9 Å². The fourth-order valence-corrected chi connectivity index (χ4v) is 3.73. The van der Waals surface area contributed by atoms with Gasteiger partial charge in [0, 0.05) is 25.3 Å². The highest BCUT2D eigenvalue weighted by Gasteiger charge is 2.27. The molecule has 0 atom stereocenters. The molecule has 1 saturated heterocycles. The number of aryl methyl sites for hydroxylation is 1. The lowest BCUT2D eigenvalue weighted by Gasteiger charge is -2.13. The van der Waals surface area contributed by atoms with E-state index in [9.17, 15) is 13.2 Å². The summed E-state index contributed by atoms with van der Waals surface area (Å²) in [5, 5.41) is 9.45. The molecular weight excluding hydrogens is 280 g/mol. The second-order valence-electron chi connectivity index (χ2n) is 4.85. The van der Waals surface area contributed by atoms with E-state index in [2.05, 4.69) is 22.4 Å². The number of sulfonamides is 1. The molecule has 2 rings (SSSR count). The van der Waals surface area contributed by atoms with Crippen LogP contribution in [0, 0.1) is 0 Å². The van der Waals surface area contributed by atoms with E-state index in [1.165, 1.54) is 4.31 Å². The SMILES string of the molecule is CCCc1cc(C(=O)NCCN2CCCS2(=O)=O)n[nH]1. The maximum Gasteiger partial charge on any atom is 0.271 e. The van der Waals surface area contributed by atoms with E-state index < -0.39 is 10.0 Å². The zero-order valence-electron chi connectivity index (χ0n) is 11.6. The highest BCUT2D eigenvalue weighted by Crippen LogP contribution is 2.11. The number of nitrogens with zero attached hydrogens (tertiary/aromatic N) is 2. The summed E-state index contributed by atoms with van der Waals surface area (Å²) in [6.07, 6.45) is 2.50. The Bertz CT molecular complexity index is 567. The lowest BCUT2D eigenvalue weighted by molar-refractivity contribution is 0.0947. The van der Waals surface area contributed by atoms with E-state index >= 15 is 0 Å². The standard InChI is InChI=1S/C12H20N4O3S/c1-2-4-10-9-11(15-14-10)12(17)13-5-7-16-6-3-8-20(16,18)19/h9H,2-8H2,1H3,(H,13,17)(H,14,15). The van der Waals surface area contributed by atoms with Crippen molar-refractivity contribution in [2.75, 3.05) is 25.4 Å². The monoisotopic (exact) mass is 300 g/mol. The minimum absolute atomic E-state index is 0.209. The van der Waals surface area contributed by atoms with Gasteiger partial charge in [0.2, 0.25) is 10.0 Å². The number of hydrogen-bond donors (Lipinski definition) is 2. The van der Waals surface area contributed by atoms with Gasteiger partial charge in [0.05, 0.1) is 5.75 Å². The van der Waals surface area contributed by atoms with Crippen LogP contribution in [-0.2, 0) is 16.4 Å². The topological polar surface area (TPSA) is 95.2 Å². The third kappa shape index (κ3) is 3.57. The van der Waals surface area contributed by atoms with Gasteiger partial charge in [0.25, 0.3) is 5.91 Å². The van der Waals surface area contributed by atoms with Crippen LogP contribution in [0.4, 0.5) is 0 Å². The van der Waals surface area contributed by atoms with Crippen molar-refractivity contribution in [1.29, 1.82) is 0 Å². The average molecular weight is 300 g/mol. The van der Waals surface area contributed by atoms with Crippen LogP contribution in [0.2, 0.25) is 0 Å². The molecule has 8 heteroatoms. The zero-order valence-corrected chi connectivity index (χ0v) is 12.4. The minimum Gasteiger partial charge on any atom is -0.349 e. The molecule has 0 aromatic carbocycles. The summed E-state index contributed by atoms with van der Waals surface area (Å²) < 4.78 is 24.6. The van der Waals surface area contributed by atoms with E-state index in [0.29, 0.717) is 31.7 Å². The molecular formula is C12H20N4O3S. The molecule has 1 fully saturated rings. The second kappa shape index (κ2) is 6.36. The molecule has 0 saturated carbocycles. The molecule has 1 amide bonds. The van der Waals surface area contributed by atoms with Crippen molar-refractivity contribution in [3.63, 3.8) is 0 Å². The summed E-state index contributed by atoms with van der Waals surface area (Å²) in [5.41, 5.74) is 1.28. The van der Waals surface area contributed by atoms with Crippen LogP contribution in [-0.4, -0.2) is 54.2 Å². The van der Waals surface area contributed by atoms with E-state index in [-0.39, 0.29) is 11.7 Å². The molecule has 2 heterocycles. The van der Waals surface area contributed by atoms with Crippen LogP contribution in [0.15, 0.2) is 6.07 Å². The molecule has 20 heavy (non-hydrogen) atoms. The maximum absolute atomic E-state index is 11.8. The Kier molecular flexibility index (Phi) is 4.77. The van der Waals surface area contributed by atoms with Crippen molar-refractivity contribution in [2.45, 2.75) is 26.2 Å². The van der Waals surface area contributed by atoms with E-state index in [1.807, 2.05) is 0 Å². The molecule has 0 bridgehead atoms. The van der Waals surface area contributed by atoms with Gasteiger partial charge in [0.1, 0.15) is 5.69 Å². The van der Waals surface area contributed by atoms with Crippen molar-refractivity contribution in [2.24, 2.45) is 0 Å². The first kappa shape index (κ1) is 15.0. The average Bonchev–Trinajstić information content (AvgIpc) is 2.97. The Morgan fingerprint density at radius 2 is 2.35 bits per heavy atom. The molecule has 0 radical (unpaired) electrons. The summed E-state index contributed by atoms with van der Waals surface area (Å²) in [6, 6.07) is 1.73. The number of H-pyrrole nitrogens is 1. The van der Waals surface area contributed by atoms with E-state index in [1.54, 1.807) is 6.07 Å². The van der Waals surface area contributed by atoms with Gasteiger partial charge in [-0.05, 0) is 18.9 Å². The first-order valence-electron chi connectivity index (χ1n) is 6.83. The quantitative estimate of drug-likeness (QED) is 0.780. The molecule has 1 aromatic rings. The van der Waals surface area contributed by atoms with Gasteiger partial charge in [-0.2, -0.15) is 5.10 Å². The van der Waals surface area contributed by atoms with Crippen LogP contribution in [0.25, 0.3) is 0 Å². The van der Waals surface area contributed by atoms with Crippen LogP contribution >= 0.6 is 0 Å². The van der Waals surface area contributed by atoms with E-state index in [4.69, 9.17) is 0 Å². The third-order valence-electron chi connectivity index (χ3n) is 3.23. The largest absolute Gasteiger partial charge is 0.349 e. The number of amides is 1. The molecule has 0 unspecified atom stereocenters. The predicted molar refractivity (Wildman–Crippen MR) is 74.9 cm³/mol. The molecule has 1 aliphatic rings. The normalized spacial score (nSPS) is 18.2. The third-order valence-corrected chi connectivity index (χ3v) is 5.19. The maximum atomic E-state index is 11.8. The Hall–Kier alpha value is -1.41. The summed E-state index contributed by atoms with van der Waals surface area (Å²) >= 11 is 0. The summed E-state index contributed by atoms with van der Waals surface area (Å²) in [6.45, 7) is 3.21. The second-order valence-corrected chi connectivity index (χ2v) is 6.94. The number of carbonyl (C=O) groups is 1. The molecule has 0 aliphatic carbocycles. The Morgan fingerprint density at radius 3 is 3.00 bits per heavy atom. The van der Waals surface area contributed by atoms with Gasteiger partial charge in [-0.3, -0.25) is 9.89 Å². The molecule has 1 aromatic heterocycles. The summed E-state index contributed by atoms with van der Waals surface area (Å²) in [4.78, 5) is 11.8. The Morgan fingerprint density at radius 1 is 1.55 bits per heavy atom. The Labute approximate surface area is 118 Å². The van der Waals surface area contributed by atoms with Gasteiger partial charge < -0.3 is 5.32 Å². The van der Waals surface area contributed by atoms with Crippen LogP contribution in [0.3, 0.4) is 0 Å². The number of rotatable bonds is 6. The highest BCUT2D eigenvalue weighted by atomic mass is 32.2. The van der Waals surface area contributed by atoms with Gasteiger partial charge in [-0.25, -0.2) is 12.7 Å². The minimum atomic E-state index is -3.09. The smallest absolute Gasteiger partial charge is 0.271 e. The number of hydrogen-bond acceptors (Lipinski definition) is 4. The first-order chi connectivity index (χ1) is 9.53. The Balaban J connectivity index is 1.80. The highest BCUT2D eigenvalue weighted by molar-refractivity contribution is 7.89. The number of aromatic amines is 1. The van der Waals surface area contributed by atoms with Crippen molar-refractivity contribution in [3.05, 3.63) is 17.5 Å². The molecule has 7 nitrogen and oxygen atoms in total. The fourth-order valence-electron chi connectivity index (χ4n) is 2.20. The molecule has 0 spiro atoms. The van der Waals surface area contributed by atoms with Crippen LogP contribution in [0.5, 0.6) is 0 Å². The van der Waals surface area contributed by atoms with Crippen LogP contribution < -0.4 is 5.32 Å². The lowest BCUT2D eigenvalue weighted by atomic mass is 10.2. The summed E-state index contributed by atoms with van der Waals surface area (Å²) in [7, 11) is -3.09. The first-order valence-corrected chi connectivity index (χ1v) is 8.44. The van der Waals surface area contributed by atoms with Gasteiger partial charge in [-0.1, -0.05) is 13.3 Å². The van der Waals surface area contributed by atoms with Gasteiger partial charge in [-0.15, -0.1) is 0 Å². The summed E-state index contributed by atoms with van der Waals surface area (Å²) in [5.74, 6) is -0.0686. The molecule has 112 valence electrons. The van der Waals surface area contributed by atoms with E-state index in [0.717, 1.165) is 18.5 Å². The number of aromatic nitrogens is 2. The molecule has 2 N–H and O–H groups in total. The van der Waals surface area contributed by atoms with Crippen LogP contribution in [0.1, 0.15) is 35.9 Å². The number of nitrogens with one attached hydrogen (secondary N) is 2. The zero-order chi connectivity index (χ0) is 14.6. The predicted octanol–water partition coefficient (Wildman–Crippen LogP) is 0.128. The number of carbonyl (C=O) groups excluding carboxylic acids is 1. The van der Waals surface area contributed by atoms with Crippen molar-refractivity contribution < 1.29 is 13.2 Å². The molecule has 1 aliphatic heterocycles. The van der Waals surface area contributed by atoms with Gasteiger partial charge >= 0.3 is 0 Å². The van der Waals surface area contributed by atoms with Gasteiger partial charge in [0.15, 0.2) is 0 Å².